The second-order valence-electron chi connectivity index (χ2n) is 6.50. The molecule has 3 rings (SSSR count). The third-order valence-electron chi connectivity index (χ3n) is 4.38. The lowest BCUT2D eigenvalue weighted by Crippen LogP contribution is -2.40. The van der Waals surface area contributed by atoms with Crippen molar-refractivity contribution in [2.24, 2.45) is 0 Å². The van der Waals surface area contributed by atoms with Crippen molar-refractivity contribution in [1.29, 1.82) is 0 Å². The number of hydrogen-bond donors (Lipinski definition) is 2. The Hall–Kier alpha value is -3.07. The Morgan fingerprint density at radius 1 is 0.769 bits per heavy atom. The molecule has 0 aromatic heterocycles. The van der Waals surface area contributed by atoms with Crippen molar-refractivity contribution < 1.29 is 4.79 Å². The van der Waals surface area contributed by atoms with Gasteiger partial charge < -0.3 is 10.6 Å². The van der Waals surface area contributed by atoms with E-state index in [1.165, 1.54) is 5.56 Å². The van der Waals surface area contributed by atoms with E-state index in [0.717, 1.165) is 16.8 Å². The molecule has 3 heteroatoms. The summed E-state index contributed by atoms with van der Waals surface area (Å²) in [6.45, 7) is 3.92. The molecule has 26 heavy (non-hydrogen) atoms. The van der Waals surface area contributed by atoms with Gasteiger partial charge in [-0.2, -0.15) is 0 Å². The third-order valence-corrected chi connectivity index (χ3v) is 4.38. The van der Waals surface area contributed by atoms with Gasteiger partial charge in [0.15, 0.2) is 0 Å². The van der Waals surface area contributed by atoms with Crippen molar-refractivity contribution in [3.05, 3.63) is 102 Å². The normalized spacial score (nSPS) is 11.8. The topological polar surface area (TPSA) is 41.1 Å². The van der Waals surface area contributed by atoms with E-state index in [-0.39, 0.29) is 18.0 Å². The van der Waals surface area contributed by atoms with E-state index in [9.17, 15) is 4.79 Å². The first-order valence-corrected chi connectivity index (χ1v) is 8.87. The van der Waals surface area contributed by atoms with Gasteiger partial charge in [0.1, 0.15) is 6.04 Å². The largest absolute Gasteiger partial charge is 0.374 e. The number of nitrogens with one attached hydrogen (secondary N) is 2. The Morgan fingerprint density at radius 2 is 1.27 bits per heavy atom. The summed E-state index contributed by atoms with van der Waals surface area (Å²) in [5, 5.41) is 6.44. The van der Waals surface area contributed by atoms with Crippen molar-refractivity contribution >= 4 is 11.6 Å². The maximum atomic E-state index is 12.8. The van der Waals surface area contributed by atoms with E-state index >= 15 is 0 Å². The number of rotatable bonds is 6. The van der Waals surface area contributed by atoms with Crippen LogP contribution < -0.4 is 10.6 Å². The Morgan fingerprint density at radius 3 is 1.77 bits per heavy atom. The molecule has 1 amide bonds. The minimum Gasteiger partial charge on any atom is -0.374 e. The van der Waals surface area contributed by atoms with Crippen molar-refractivity contribution in [2.75, 3.05) is 5.32 Å². The monoisotopic (exact) mass is 344 g/mol. The highest BCUT2D eigenvalue weighted by molar-refractivity contribution is 5.85. The van der Waals surface area contributed by atoms with E-state index in [1.807, 2.05) is 98.8 Å². The lowest BCUT2D eigenvalue weighted by atomic mass is 9.98. The molecule has 3 aromatic rings. The number of carbonyl (C=O) groups excluding carboxylic acids is 1. The standard InChI is InChI=1S/C23H24N2O/c1-17-13-15-21(16-14-17)24-18(2)23(26)25-22(19-9-5-3-6-10-19)20-11-7-4-8-12-20/h3-16,18,22,24H,1-2H3,(H,25,26)/t18-/m0/s1. The van der Waals surface area contributed by atoms with Crippen LogP contribution in [0, 0.1) is 6.92 Å². The van der Waals surface area contributed by atoms with Crippen LogP contribution in [0.25, 0.3) is 0 Å². The van der Waals surface area contributed by atoms with Gasteiger partial charge in [0.05, 0.1) is 6.04 Å². The SMILES string of the molecule is Cc1ccc(N[C@@H](C)C(=O)NC(c2ccccc2)c2ccccc2)cc1. The summed E-state index contributed by atoms with van der Waals surface area (Å²) in [6.07, 6.45) is 0. The van der Waals surface area contributed by atoms with Gasteiger partial charge in [0.2, 0.25) is 5.91 Å². The van der Waals surface area contributed by atoms with Gasteiger partial charge in [-0.1, -0.05) is 78.4 Å². The van der Waals surface area contributed by atoms with Gasteiger partial charge in [0.25, 0.3) is 0 Å². The van der Waals surface area contributed by atoms with Crippen LogP contribution in [0.5, 0.6) is 0 Å². The molecule has 0 spiro atoms. The highest BCUT2D eigenvalue weighted by Crippen LogP contribution is 2.22. The highest BCUT2D eigenvalue weighted by atomic mass is 16.2. The Kier molecular flexibility index (Phi) is 5.69. The van der Waals surface area contributed by atoms with Crippen LogP contribution in [0.3, 0.4) is 0 Å². The van der Waals surface area contributed by atoms with Gasteiger partial charge in [-0.05, 0) is 37.1 Å². The summed E-state index contributed by atoms with van der Waals surface area (Å²) >= 11 is 0. The first-order chi connectivity index (χ1) is 12.6. The Balaban J connectivity index is 1.75. The first-order valence-electron chi connectivity index (χ1n) is 8.87. The fourth-order valence-electron chi connectivity index (χ4n) is 2.88. The van der Waals surface area contributed by atoms with E-state index in [4.69, 9.17) is 0 Å². The van der Waals surface area contributed by atoms with E-state index in [1.54, 1.807) is 0 Å². The van der Waals surface area contributed by atoms with Crippen molar-refractivity contribution in [3.63, 3.8) is 0 Å². The third kappa shape index (κ3) is 4.51. The quantitative estimate of drug-likeness (QED) is 0.680. The molecular weight excluding hydrogens is 320 g/mol. The smallest absolute Gasteiger partial charge is 0.242 e. The predicted octanol–water partition coefficient (Wildman–Crippen LogP) is 4.70. The number of hydrogen-bond acceptors (Lipinski definition) is 2. The molecule has 2 N–H and O–H groups in total. The lowest BCUT2D eigenvalue weighted by Gasteiger charge is -2.23. The minimum absolute atomic E-state index is 0.0386. The van der Waals surface area contributed by atoms with E-state index < -0.39 is 0 Å². The predicted molar refractivity (Wildman–Crippen MR) is 107 cm³/mol. The average Bonchev–Trinajstić information content (AvgIpc) is 2.69. The summed E-state index contributed by atoms with van der Waals surface area (Å²) in [5.74, 6) is -0.0386. The van der Waals surface area contributed by atoms with Crippen LogP contribution in [0.4, 0.5) is 5.69 Å². The van der Waals surface area contributed by atoms with Crippen LogP contribution in [-0.2, 0) is 4.79 Å². The summed E-state index contributed by atoms with van der Waals surface area (Å²) in [5.41, 5.74) is 4.26. The molecule has 0 aliphatic heterocycles. The van der Waals surface area contributed by atoms with Crippen molar-refractivity contribution in [1.82, 2.24) is 5.32 Å². The molecule has 0 saturated heterocycles. The summed E-state index contributed by atoms with van der Waals surface area (Å²) < 4.78 is 0. The molecule has 0 radical (unpaired) electrons. The van der Waals surface area contributed by atoms with E-state index in [2.05, 4.69) is 10.6 Å². The molecule has 3 nitrogen and oxygen atoms in total. The molecule has 0 aliphatic carbocycles. The van der Waals surface area contributed by atoms with Gasteiger partial charge in [0, 0.05) is 5.69 Å². The van der Waals surface area contributed by atoms with Gasteiger partial charge in [-0.3, -0.25) is 4.79 Å². The fourth-order valence-corrected chi connectivity index (χ4v) is 2.88. The number of carbonyl (C=O) groups is 1. The zero-order chi connectivity index (χ0) is 18.4. The summed E-state index contributed by atoms with van der Waals surface area (Å²) in [6, 6.07) is 27.6. The Bertz CT molecular complexity index is 790. The van der Waals surface area contributed by atoms with Crippen LogP contribution >= 0.6 is 0 Å². The molecule has 0 saturated carbocycles. The maximum Gasteiger partial charge on any atom is 0.242 e. The zero-order valence-electron chi connectivity index (χ0n) is 15.1. The summed E-state index contributed by atoms with van der Waals surface area (Å²) in [7, 11) is 0. The molecule has 0 unspecified atom stereocenters. The van der Waals surface area contributed by atoms with E-state index in [0.29, 0.717) is 0 Å². The second-order valence-corrected chi connectivity index (χ2v) is 6.50. The zero-order valence-corrected chi connectivity index (χ0v) is 15.1. The number of anilines is 1. The number of aryl methyl sites for hydroxylation is 1. The van der Waals surface area contributed by atoms with Crippen LogP contribution in [0.15, 0.2) is 84.9 Å². The molecule has 1 atom stereocenters. The molecule has 132 valence electrons. The number of benzene rings is 3. The van der Waals surface area contributed by atoms with Gasteiger partial charge in [-0.25, -0.2) is 0 Å². The number of amides is 1. The molecule has 0 fully saturated rings. The lowest BCUT2D eigenvalue weighted by molar-refractivity contribution is -0.122. The highest BCUT2D eigenvalue weighted by Gasteiger charge is 2.20. The molecule has 0 heterocycles. The average molecular weight is 344 g/mol. The van der Waals surface area contributed by atoms with Crippen LogP contribution in [0.1, 0.15) is 29.7 Å². The molecule has 3 aromatic carbocycles. The minimum atomic E-state index is -0.340. The maximum absolute atomic E-state index is 12.8. The molecule has 0 bridgehead atoms. The Labute approximate surface area is 155 Å². The van der Waals surface area contributed by atoms with Gasteiger partial charge >= 0.3 is 0 Å². The van der Waals surface area contributed by atoms with Crippen molar-refractivity contribution in [3.8, 4) is 0 Å². The van der Waals surface area contributed by atoms with Gasteiger partial charge in [-0.15, -0.1) is 0 Å². The first kappa shape index (κ1) is 17.7. The van der Waals surface area contributed by atoms with Crippen molar-refractivity contribution in [2.45, 2.75) is 25.9 Å². The van der Waals surface area contributed by atoms with Crippen LogP contribution in [-0.4, -0.2) is 11.9 Å². The fraction of sp³-hybridized carbons (Fsp3) is 0.174. The second kappa shape index (κ2) is 8.34. The molecular formula is C23H24N2O. The molecule has 0 aliphatic rings. The van der Waals surface area contributed by atoms with Crippen LogP contribution in [0.2, 0.25) is 0 Å². The summed E-state index contributed by atoms with van der Waals surface area (Å²) in [4.78, 5) is 12.8.